The van der Waals surface area contributed by atoms with Crippen molar-refractivity contribution in [3.8, 4) is 0 Å². The van der Waals surface area contributed by atoms with Gasteiger partial charge in [0.05, 0.1) is 0 Å². The Labute approximate surface area is 82.7 Å². The number of alkyl halides is 3. The molecule has 5 heteroatoms. The van der Waals surface area contributed by atoms with Crippen molar-refractivity contribution < 1.29 is 18.3 Å². The van der Waals surface area contributed by atoms with Gasteiger partial charge in [-0.15, -0.1) is 0 Å². The van der Waals surface area contributed by atoms with Crippen molar-refractivity contribution in [2.45, 2.75) is 38.5 Å². The van der Waals surface area contributed by atoms with Crippen LogP contribution in [0.3, 0.4) is 0 Å². The zero-order chi connectivity index (χ0) is 11.4. The second kappa shape index (κ2) is 4.98. The SMILES string of the molecule is CCCN(C)CC(O)(CC)C(F)(F)F. The molecule has 0 aromatic carbocycles. The molecule has 0 spiro atoms. The molecule has 1 unspecified atom stereocenters. The maximum atomic E-state index is 12.4. The van der Waals surface area contributed by atoms with E-state index in [9.17, 15) is 18.3 Å². The molecule has 0 fully saturated rings. The topological polar surface area (TPSA) is 23.5 Å². The van der Waals surface area contributed by atoms with Crippen molar-refractivity contribution in [2.75, 3.05) is 20.1 Å². The predicted octanol–water partition coefficient (Wildman–Crippen LogP) is 2.03. The molecule has 0 saturated carbocycles. The van der Waals surface area contributed by atoms with E-state index in [0.717, 1.165) is 6.42 Å². The summed E-state index contributed by atoms with van der Waals surface area (Å²) in [7, 11) is 1.58. The monoisotopic (exact) mass is 213 g/mol. The molecule has 1 atom stereocenters. The Morgan fingerprint density at radius 2 is 1.71 bits per heavy atom. The smallest absolute Gasteiger partial charge is 0.379 e. The third-order valence-electron chi connectivity index (χ3n) is 2.25. The number of likely N-dealkylation sites (N-methyl/N-ethyl adjacent to an activating group) is 1. The van der Waals surface area contributed by atoms with Crippen molar-refractivity contribution in [2.24, 2.45) is 0 Å². The highest BCUT2D eigenvalue weighted by Crippen LogP contribution is 2.33. The third kappa shape index (κ3) is 3.46. The third-order valence-corrected chi connectivity index (χ3v) is 2.25. The summed E-state index contributed by atoms with van der Waals surface area (Å²) in [5.74, 6) is 0. The molecule has 1 N–H and O–H groups in total. The van der Waals surface area contributed by atoms with Gasteiger partial charge in [0.15, 0.2) is 5.60 Å². The van der Waals surface area contributed by atoms with E-state index < -0.39 is 11.8 Å². The summed E-state index contributed by atoms with van der Waals surface area (Å²) >= 11 is 0. The molecule has 0 aromatic rings. The van der Waals surface area contributed by atoms with Gasteiger partial charge in [-0.25, -0.2) is 0 Å². The maximum Gasteiger partial charge on any atom is 0.418 e. The Kier molecular flexibility index (Phi) is 4.88. The minimum absolute atomic E-state index is 0.315. The van der Waals surface area contributed by atoms with E-state index in [0.29, 0.717) is 6.54 Å². The minimum Gasteiger partial charge on any atom is -0.379 e. The first-order chi connectivity index (χ1) is 6.27. The number of hydrogen-bond donors (Lipinski definition) is 1. The van der Waals surface area contributed by atoms with Crippen molar-refractivity contribution >= 4 is 0 Å². The highest BCUT2D eigenvalue weighted by atomic mass is 19.4. The molecule has 0 saturated heterocycles. The van der Waals surface area contributed by atoms with Gasteiger partial charge in [-0.05, 0) is 26.4 Å². The first-order valence-electron chi connectivity index (χ1n) is 4.74. The summed E-state index contributed by atoms with van der Waals surface area (Å²) in [6.07, 6.45) is -4.09. The van der Waals surface area contributed by atoms with Crippen LogP contribution in [0.2, 0.25) is 0 Å². The van der Waals surface area contributed by atoms with Crippen LogP contribution in [-0.2, 0) is 0 Å². The molecule has 0 heterocycles. The lowest BCUT2D eigenvalue weighted by molar-refractivity contribution is -0.265. The lowest BCUT2D eigenvalue weighted by Gasteiger charge is -2.33. The van der Waals surface area contributed by atoms with Gasteiger partial charge >= 0.3 is 6.18 Å². The average molecular weight is 213 g/mol. The Morgan fingerprint density at radius 3 is 2.00 bits per heavy atom. The van der Waals surface area contributed by atoms with Gasteiger partial charge in [0.25, 0.3) is 0 Å². The standard InChI is InChI=1S/C9H18F3NO/c1-4-6-13(3)7-8(14,5-2)9(10,11)12/h14H,4-7H2,1-3H3. The fourth-order valence-electron chi connectivity index (χ4n) is 1.31. The summed E-state index contributed by atoms with van der Waals surface area (Å²) in [6.45, 7) is 3.42. The molecule has 0 aliphatic carbocycles. The maximum absolute atomic E-state index is 12.4. The van der Waals surface area contributed by atoms with Crippen LogP contribution >= 0.6 is 0 Å². The van der Waals surface area contributed by atoms with Crippen LogP contribution in [0.25, 0.3) is 0 Å². The number of aliphatic hydroxyl groups is 1. The number of nitrogens with zero attached hydrogens (tertiary/aromatic N) is 1. The Morgan fingerprint density at radius 1 is 1.21 bits per heavy atom. The summed E-state index contributed by atoms with van der Waals surface area (Å²) in [6, 6.07) is 0. The Bertz CT molecular complexity index is 172. The van der Waals surface area contributed by atoms with Gasteiger partial charge < -0.3 is 10.0 Å². The van der Waals surface area contributed by atoms with E-state index in [2.05, 4.69) is 0 Å². The van der Waals surface area contributed by atoms with E-state index in [1.54, 1.807) is 7.05 Å². The summed E-state index contributed by atoms with van der Waals surface area (Å²) < 4.78 is 37.3. The fraction of sp³-hybridized carbons (Fsp3) is 1.00. The first kappa shape index (κ1) is 13.7. The summed E-state index contributed by atoms with van der Waals surface area (Å²) in [4.78, 5) is 1.50. The number of rotatable bonds is 5. The van der Waals surface area contributed by atoms with Gasteiger partial charge in [0.1, 0.15) is 0 Å². The van der Waals surface area contributed by atoms with E-state index in [1.807, 2.05) is 6.92 Å². The molecule has 86 valence electrons. The molecule has 0 aromatic heterocycles. The van der Waals surface area contributed by atoms with Crippen molar-refractivity contribution in [3.05, 3.63) is 0 Å². The van der Waals surface area contributed by atoms with Gasteiger partial charge in [0.2, 0.25) is 0 Å². The second-order valence-corrected chi connectivity index (χ2v) is 3.62. The summed E-state index contributed by atoms with van der Waals surface area (Å²) in [5.41, 5.74) is -2.57. The lowest BCUT2D eigenvalue weighted by atomic mass is 9.99. The molecule has 14 heavy (non-hydrogen) atoms. The van der Waals surface area contributed by atoms with Crippen LogP contribution in [0.15, 0.2) is 0 Å². The normalized spacial score (nSPS) is 17.1. The van der Waals surface area contributed by atoms with E-state index in [1.165, 1.54) is 11.8 Å². The molecule has 0 rings (SSSR count). The van der Waals surface area contributed by atoms with E-state index in [-0.39, 0.29) is 13.0 Å². The van der Waals surface area contributed by atoms with Gasteiger partial charge in [-0.3, -0.25) is 0 Å². The zero-order valence-electron chi connectivity index (χ0n) is 8.86. The van der Waals surface area contributed by atoms with Crippen LogP contribution in [0.1, 0.15) is 26.7 Å². The largest absolute Gasteiger partial charge is 0.418 e. The Hall–Kier alpha value is -0.290. The molecule has 0 bridgehead atoms. The number of hydrogen-bond acceptors (Lipinski definition) is 2. The van der Waals surface area contributed by atoms with E-state index >= 15 is 0 Å². The molecule has 0 aliphatic rings. The summed E-state index contributed by atoms with van der Waals surface area (Å²) in [5, 5.41) is 9.39. The molecule has 0 aliphatic heterocycles. The highest BCUT2D eigenvalue weighted by Gasteiger charge is 2.52. The molecule has 0 amide bonds. The number of halogens is 3. The van der Waals surface area contributed by atoms with Gasteiger partial charge in [-0.1, -0.05) is 13.8 Å². The van der Waals surface area contributed by atoms with Crippen molar-refractivity contribution in [3.63, 3.8) is 0 Å². The lowest BCUT2D eigenvalue weighted by Crippen LogP contribution is -2.52. The predicted molar refractivity (Wildman–Crippen MR) is 49.1 cm³/mol. The van der Waals surface area contributed by atoms with Crippen molar-refractivity contribution in [1.82, 2.24) is 4.90 Å². The molecular formula is C9H18F3NO. The van der Waals surface area contributed by atoms with Gasteiger partial charge in [-0.2, -0.15) is 13.2 Å². The zero-order valence-corrected chi connectivity index (χ0v) is 8.86. The quantitative estimate of drug-likeness (QED) is 0.755. The van der Waals surface area contributed by atoms with E-state index in [4.69, 9.17) is 0 Å². The van der Waals surface area contributed by atoms with Crippen LogP contribution < -0.4 is 0 Å². The molecular weight excluding hydrogens is 195 g/mol. The van der Waals surface area contributed by atoms with Crippen molar-refractivity contribution in [1.29, 1.82) is 0 Å². The van der Waals surface area contributed by atoms with Gasteiger partial charge in [0, 0.05) is 6.54 Å². The average Bonchev–Trinajstić information content (AvgIpc) is 2.02. The Balaban J connectivity index is 4.40. The van der Waals surface area contributed by atoms with Crippen LogP contribution in [-0.4, -0.2) is 41.9 Å². The highest BCUT2D eigenvalue weighted by molar-refractivity contribution is 4.87. The van der Waals surface area contributed by atoms with Crippen LogP contribution in [0.5, 0.6) is 0 Å². The first-order valence-corrected chi connectivity index (χ1v) is 4.74. The minimum atomic E-state index is -4.55. The van der Waals surface area contributed by atoms with Crippen LogP contribution in [0.4, 0.5) is 13.2 Å². The molecule has 2 nitrogen and oxygen atoms in total. The molecule has 0 radical (unpaired) electrons. The fourth-order valence-corrected chi connectivity index (χ4v) is 1.31. The second-order valence-electron chi connectivity index (χ2n) is 3.62. The van der Waals surface area contributed by atoms with Crippen LogP contribution in [0, 0.1) is 0 Å².